The first-order valence-electron chi connectivity index (χ1n) is 10.1. The van der Waals surface area contributed by atoms with E-state index in [4.69, 9.17) is 4.74 Å². The van der Waals surface area contributed by atoms with Crippen molar-refractivity contribution < 1.29 is 14.5 Å². The summed E-state index contributed by atoms with van der Waals surface area (Å²) in [6.45, 7) is 4.62. The van der Waals surface area contributed by atoms with Crippen molar-refractivity contribution in [1.82, 2.24) is 0 Å². The molecular weight excluding hydrogens is 382 g/mol. The Morgan fingerprint density at radius 1 is 1.23 bits per heavy atom. The first-order chi connectivity index (χ1) is 14.4. The standard InChI is InChI=1S/C23H25N3O4/c1-16(2)15-30-20-9-10-21(17(13-20)14-24)25-22(27)23(11-3-4-12-23)18-5-7-19(8-6-18)26(28)29/h5-10,13,16H,3-4,11-12,15H2,1-2H3,(H,25,27). The molecule has 7 heteroatoms. The molecule has 1 fully saturated rings. The van der Waals surface area contributed by atoms with Crippen LogP contribution < -0.4 is 10.1 Å². The number of benzene rings is 2. The Bertz CT molecular complexity index is 971. The van der Waals surface area contributed by atoms with Gasteiger partial charge in [0.2, 0.25) is 5.91 Å². The Labute approximate surface area is 175 Å². The fraction of sp³-hybridized carbons (Fsp3) is 0.391. The van der Waals surface area contributed by atoms with Crippen molar-refractivity contribution in [3.63, 3.8) is 0 Å². The number of nitrogens with zero attached hydrogens (tertiary/aromatic N) is 2. The zero-order valence-corrected chi connectivity index (χ0v) is 17.2. The third kappa shape index (κ3) is 4.43. The zero-order valence-electron chi connectivity index (χ0n) is 17.2. The van der Waals surface area contributed by atoms with Gasteiger partial charge in [0.1, 0.15) is 11.8 Å². The molecule has 1 amide bonds. The molecule has 0 spiro atoms. The highest BCUT2D eigenvalue weighted by Gasteiger charge is 2.43. The van der Waals surface area contributed by atoms with Crippen molar-refractivity contribution in [2.75, 3.05) is 11.9 Å². The Morgan fingerprint density at radius 3 is 2.47 bits per heavy atom. The summed E-state index contributed by atoms with van der Waals surface area (Å²) in [7, 11) is 0. The molecule has 2 aromatic rings. The van der Waals surface area contributed by atoms with Crippen molar-refractivity contribution in [1.29, 1.82) is 5.26 Å². The molecule has 0 bridgehead atoms. The van der Waals surface area contributed by atoms with Crippen molar-refractivity contribution in [3.05, 3.63) is 63.7 Å². The van der Waals surface area contributed by atoms with Gasteiger partial charge < -0.3 is 10.1 Å². The van der Waals surface area contributed by atoms with Crippen LogP contribution in [0.4, 0.5) is 11.4 Å². The van der Waals surface area contributed by atoms with E-state index in [-0.39, 0.29) is 11.6 Å². The Balaban J connectivity index is 1.85. The summed E-state index contributed by atoms with van der Waals surface area (Å²) >= 11 is 0. The number of carbonyl (C=O) groups excluding carboxylic acids is 1. The van der Waals surface area contributed by atoms with Crippen LogP contribution in [0.25, 0.3) is 0 Å². The number of nitro groups is 1. The van der Waals surface area contributed by atoms with Gasteiger partial charge >= 0.3 is 0 Å². The monoisotopic (exact) mass is 407 g/mol. The zero-order chi connectivity index (χ0) is 21.7. The van der Waals surface area contributed by atoms with Gasteiger partial charge in [0, 0.05) is 12.1 Å². The predicted molar refractivity (Wildman–Crippen MR) is 113 cm³/mol. The number of nitriles is 1. The van der Waals surface area contributed by atoms with Crippen LogP contribution in [0.15, 0.2) is 42.5 Å². The second-order valence-electron chi connectivity index (χ2n) is 8.07. The summed E-state index contributed by atoms with van der Waals surface area (Å²) in [5.74, 6) is 0.754. The lowest BCUT2D eigenvalue weighted by Gasteiger charge is -2.28. The van der Waals surface area contributed by atoms with E-state index in [9.17, 15) is 20.2 Å². The summed E-state index contributed by atoms with van der Waals surface area (Å²) < 4.78 is 5.67. The number of carbonyl (C=O) groups is 1. The number of anilines is 1. The third-order valence-electron chi connectivity index (χ3n) is 5.47. The molecule has 2 aromatic carbocycles. The lowest BCUT2D eigenvalue weighted by molar-refractivity contribution is -0.384. The lowest BCUT2D eigenvalue weighted by atomic mass is 9.78. The van der Waals surface area contributed by atoms with E-state index in [1.54, 1.807) is 30.3 Å². The number of ether oxygens (including phenoxy) is 1. The van der Waals surface area contributed by atoms with E-state index in [1.165, 1.54) is 12.1 Å². The summed E-state index contributed by atoms with van der Waals surface area (Å²) in [4.78, 5) is 23.8. The van der Waals surface area contributed by atoms with Crippen LogP contribution >= 0.6 is 0 Å². The highest BCUT2D eigenvalue weighted by atomic mass is 16.6. The third-order valence-corrected chi connectivity index (χ3v) is 5.47. The van der Waals surface area contributed by atoms with Crippen LogP contribution in [0.1, 0.15) is 50.7 Å². The van der Waals surface area contributed by atoms with Crippen LogP contribution in [0.3, 0.4) is 0 Å². The molecule has 3 rings (SSSR count). The minimum atomic E-state index is -0.755. The molecule has 7 nitrogen and oxygen atoms in total. The summed E-state index contributed by atoms with van der Waals surface area (Å²) in [5.41, 5.74) is 0.776. The quantitative estimate of drug-likeness (QED) is 0.516. The maximum Gasteiger partial charge on any atom is 0.269 e. The van der Waals surface area contributed by atoms with E-state index in [0.29, 0.717) is 42.4 Å². The lowest BCUT2D eigenvalue weighted by Crippen LogP contribution is -2.38. The maximum absolute atomic E-state index is 13.3. The largest absolute Gasteiger partial charge is 0.493 e. The number of hydrogen-bond donors (Lipinski definition) is 1. The second kappa shape index (κ2) is 8.95. The molecule has 0 aromatic heterocycles. The van der Waals surface area contributed by atoms with Gasteiger partial charge in [-0.3, -0.25) is 14.9 Å². The number of nitrogens with one attached hydrogen (secondary N) is 1. The fourth-order valence-corrected chi connectivity index (χ4v) is 3.85. The molecule has 0 heterocycles. The summed E-state index contributed by atoms with van der Waals surface area (Å²) in [5, 5.41) is 23.4. The minimum Gasteiger partial charge on any atom is -0.493 e. The number of non-ortho nitro benzene ring substituents is 1. The maximum atomic E-state index is 13.3. The molecular formula is C23H25N3O4. The molecule has 1 saturated carbocycles. The molecule has 156 valence electrons. The van der Waals surface area contributed by atoms with E-state index < -0.39 is 10.3 Å². The number of hydrogen-bond acceptors (Lipinski definition) is 5. The molecule has 1 aliphatic carbocycles. The van der Waals surface area contributed by atoms with Crippen LogP contribution in [-0.4, -0.2) is 17.4 Å². The van der Waals surface area contributed by atoms with Crippen molar-refractivity contribution in [2.45, 2.75) is 44.9 Å². The Morgan fingerprint density at radius 2 is 1.90 bits per heavy atom. The average Bonchev–Trinajstić information content (AvgIpc) is 3.24. The molecule has 30 heavy (non-hydrogen) atoms. The highest BCUT2D eigenvalue weighted by Crippen LogP contribution is 2.42. The molecule has 0 saturated heterocycles. The van der Waals surface area contributed by atoms with E-state index in [0.717, 1.165) is 18.4 Å². The Kier molecular flexibility index (Phi) is 6.36. The first kappa shape index (κ1) is 21.3. The summed E-state index contributed by atoms with van der Waals surface area (Å²) in [6, 6.07) is 13.4. The van der Waals surface area contributed by atoms with E-state index >= 15 is 0 Å². The highest BCUT2D eigenvalue weighted by molar-refractivity contribution is 6.00. The average molecular weight is 407 g/mol. The van der Waals surface area contributed by atoms with E-state index in [1.807, 2.05) is 13.8 Å². The molecule has 1 aliphatic rings. The second-order valence-corrected chi connectivity index (χ2v) is 8.07. The van der Waals surface area contributed by atoms with Gasteiger partial charge in [-0.2, -0.15) is 5.26 Å². The Hall–Kier alpha value is -3.40. The molecule has 0 radical (unpaired) electrons. The van der Waals surface area contributed by atoms with Crippen molar-refractivity contribution in [3.8, 4) is 11.8 Å². The van der Waals surface area contributed by atoms with Gasteiger partial charge in [-0.25, -0.2) is 0 Å². The smallest absolute Gasteiger partial charge is 0.269 e. The molecule has 0 aliphatic heterocycles. The van der Waals surface area contributed by atoms with Gasteiger partial charge in [-0.15, -0.1) is 0 Å². The van der Waals surface area contributed by atoms with Crippen LogP contribution in [0, 0.1) is 27.4 Å². The van der Waals surface area contributed by atoms with Gasteiger partial charge in [0.05, 0.1) is 28.2 Å². The molecule has 0 unspecified atom stereocenters. The SMILES string of the molecule is CC(C)COc1ccc(NC(=O)C2(c3ccc([N+](=O)[O-])cc3)CCCC2)c(C#N)c1. The van der Waals surface area contributed by atoms with Gasteiger partial charge in [0.25, 0.3) is 5.69 Å². The molecule has 0 atom stereocenters. The normalized spacial score (nSPS) is 14.9. The van der Waals surface area contributed by atoms with Gasteiger partial charge in [-0.05, 0) is 42.5 Å². The van der Waals surface area contributed by atoms with Crippen LogP contribution in [-0.2, 0) is 10.2 Å². The van der Waals surface area contributed by atoms with E-state index in [2.05, 4.69) is 11.4 Å². The van der Waals surface area contributed by atoms with Crippen molar-refractivity contribution >= 4 is 17.3 Å². The van der Waals surface area contributed by atoms with Gasteiger partial charge in [-0.1, -0.05) is 38.8 Å². The van der Waals surface area contributed by atoms with Crippen LogP contribution in [0.5, 0.6) is 5.75 Å². The predicted octanol–water partition coefficient (Wildman–Crippen LogP) is 4.95. The number of nitro benzene ring substituents is 1. The van der Waals surface area contributed by atoms with Gasteiger partial charge in [0.15, 0.2) is 0 Å². The first-order valence-corrected chi connectivity index (χ1v) is 10.1. The topological polar surface area (TPSA) is 105 Å². The minimum absolute atomic E-state index is 0.00365. The fourth-order valence-electron chi connectivity index (χ4n) is 3.85. The molecule has 1 N–H and O–H groups in total. The van der Waals surface area contributed by atoms with Crippen molar-refractivity contribution in [2.24, 2.45) is 5.92 Å². The van der Waals surface area contributed by atoms with Crippen LogP contribution in [0.2, 0.25) is 0 Å². The summed E-state index contributed by atoms with van der Waals surface area (Å²) in [6.07, 6.45) is 3.12. The number of amides is 1. The number of rotatable bonds is 7.